The van der Waals surface area contributed by atoms with Gasteiger partial charge in [0.25, 0.3) is 0 Å². The van der Waals surface area contributed by atoms with Crippen LogP contribution >= 0.6 is 0 Å². The number of carbonyl (C=O) groups excluding carboxylic acids is 2. The van der Waals surface area contributed by atoms with Crippen molar-refractivity contribution in [2.24, 2.45) is 0 Å². The average molecular weight is 241 g/mol. The molecular formula is C12H23N3O2. The molecule has 1 fully saturated rings. The van der Waals surface area contributed by atoms with Gasteiger partial charge >= 0.3 is 0 Å². The summed E-state index contributed by atoms with van der Waals surface area (Å²) >= 11 is 0. The van der Waals surface area contributed by atoms with Gasteiger partial charge in [-0.3, -0.25) is 9.59 Å². The van der Waals surface area contributed by atoms with Crippen LogP contribution in [-0.4, -0.2) is 48.4 Å². The second-order valence-corrected chi connectivity index (χ2v) is 4.69. The molecule has 0 bridgehead atoms. The average Bonchev–Trinajstić information content (AvgIpc) is 2.65. The molecule has 1 aliphatic heterocycles. The van der Waals surface area contributed by atoms with Crippen LogP contribution in [0.25, 0.3) is 0 Å². The van der Waals surface area contributed by atoms with Crippen LogP contribution in [0.2, 0.25) is 0 Å². The molecule has 0 aromatic heterocycles. The molecule has 0 aromatic carbocycles. The summed E-state index contributed by atoms with van der Waals surface area (Å²) in [5, 5.41) is 6.08. The molecule has 0 aromatic rings. The number of hydrogen-bond acceptors (Lipinski definition) is 3. The Morgan fingerprint density at radius 2 is 2.18 bits per heavy atom. The van der Waals surface area contributed by atoms with Crippen LogP contribution in [0.3, 0.4) is 0 Å². The van der Waals surface area contributed by atoms with Gasteiger partial charge in [0.15, 0.2) is 0 Å². The number of rotatable bonds is 5. The van der Waals surface area contributed by atoms with Crippen LogP contribution in [0.4, 0.5) is 0 Å². The van der Waals surface area contributed by atoms with Crippen molar-refractivity contribution in [2.75, 3.05) is 19.6 Å². The minimum atomic E-state index is -0.0229. The quantitative estimate of drug-likeness (QED) is 0.718. The molecule has 0 aliphatic carbocycles. The summed E-state index contributed by atoms with van der Waals surface area (Å²) in [6.07, 6.45) is 1.39. The smallest absolute Gasteiger partial charge is 0.224 e. The van der Waals surface area contributed by atoms with Crippen LogP contribution in [0.1, 0.15) is 33.6 Å². The number of likely N-dealkylation sites (tertiary alicyclic amines) is 1. The van der Waals surface area contributed by atoms with Gasteiger partial charge in [0.05, 0.1) is 0 Å². The number of amides is 2. The molecule has 5 heteroatoms. The van der Waals surface area contributed by atoms with Crippen LogP contribution in [0.5, 0.6) is 0 Å². The van der Waals surface area contributed by atoms with Gasteiger partial charge in [0.2, 0.25) is 11.8 Å². The molecule has 98 valence electrons. The fraction of sp³-hybridized carbons (Fsp3) is 0.833. The molecule has 1 aliphatic rings. The number of carbonyl (C=O) groups is 2. The molecule has 17 heavy (non-hydrogen) atoms. The second kappa shape index (κ2) is 6.59. The van der Waals surface area contributed by atoms with Gasteiger partial charge in [0.1, 0.15) is 0 Å². The summed E-state index contributed by atoms with van der Waals surface area (Å²) in [6, 6.07) is 0.346. The minimum absolute atomic E-state index is 0.0229. The molecule has 5 nitrogen and oxygen atoms in total. The standard InChI is InChI=1S/C12H23N3O2/c1-4-13-9(2)7-12(17)15-6-5-11(8-15)14-10(3)16/h9,11,13H,4-8H2,1-3H3,(H,14,16). The van der Waals surface area contributed by atoms with E-state index >= 15 is 0 Å². The molecule has 2 unspecified atom stereocenters. The van der Waals surface area contributed by atoms with Crippen molar-refractivity contribution >= 4 is 11.8 Å². The van der Waals surface area contributed by atoms with E-state index in [9.17, 15) is 9.59 Å². The number of nitrogens with zero attached hydrogens (tertiary/aromatic N) is 1. The van der Waals surface area contributed by atoms with Gasteiger partial charge in [-0.1, -0.05) is 6.92 Å². The third-order valence-corrected chi connectivity index (χ3v) is 2.98. The zero-order chi connectivity index (χ0) is 12.8. The van der Waals surface area contributed by atoms with E-state index in [1.54, 1.807) is 0 Å². The maximum atomic E-state index is 11.9. The fourth-order valence-electron chi connectivity index (χ4n) is 2.20. The predicted octanol–water partition coefficient (Wildman–Crippen LogP) is 0.112. The maximum Gasteiger partial charge on any atom is 0.224 e. The molecule has 2 N–H and O–H groups in total. The summed E-state index contributed by atoms with van der Waals surface area (Å²) in [4.78, 5) is 24.7. The van der Waals surface area contributed by atoms with E-state index in [2.05, 4.69) is 10.6 Å². The van der Waals surface area contributed by atoms with Crippen LogP contribution in [-0.2, 0) is 9.59 Å². The Labute approximate surface area is 103 Å². The SMILES string of the molecule is CCNC(C)CC(=O)N1CCC(NC(C)=O)C1. The van der Waals surface area contributed by atoms with E-state index < -0.39 is 0 Å². The van der Waals surface area contributed by atoms with Crippen LogP contribution in [0.15, 0.2) is 0 Å². The first-order chi connectivity index (χ1) is 8.02. The third-order valence-electron chi connectivity index (χ3n) is 2.98. The highest BCUT2D eigenvalue weighted by Gasteiger charge is 2.26. The summed E-state index contributed by atoms with van der Waals surface area (Å²) in [5.74, 6) is 0.150. The van der Waals surface area contributed by atoms with Crippen molar-refractivity contribution in [1.29, 1.82) is 0 Å². The van der Waals surface area contributed by atoms with Gasteiger partial charge in [-0.15, -0.1) is 0 Å². The molecule has 1 saturated heterocycles. The van der Waals surface area contributed by atoms with Crippen LogP contribution in [0, 0.1) is 0 Å². The summed E-state index contributed by atoms with van der Waals surface area (Å²) < 4.78 is 0. The Morgan fingerprint density at radius 3 is 2.76 bits per heavy atom. The summed E-state index contributed by atoms with van der Waals surface area (Å²) in [6.45, 7) is 7.84. The van der Waals surface area contributed by atoms with Crippen molar-refractivity contribution in [3.8, 4) is 0 Å². The zero-order valence-corrected chi connectivity index (χ0v) is 11.0. The molecule has 0 saturated carbocycles. The lowest BCUT2D eigenvalue weighted by molar-refractivity contribution is -0.131. The zero-order valence-electron chi connectivity index (χ0n) is 11.0. The van der Waals surface area contributed by atoms with Gasteiger partial charge in [0, 0.05) is 38.5 Å². The van der Waals surface area contributed by atoms with E-state index in [-0.39, 0.29) is 23.9 Å². The first kappa shape index (κ1) is 14.0. The maximum absolute atomic E-state index is 11.9. The topological polar surface area (TPSA) is 61.4 Å². The minimum Gasteiger partial charge on any atom is -0.352 e. The van der Waals surface area contributed by atoms with Crippen molar-refractivity contribution < 1.29 is 9.59 Å². The first-order valence-electron chi connectivity index (χ1n) is 6.31. The Hall–Kier alpha value is -1.10. The van der Waals surface area contributed by atoms with Gasteiger partial charge in [-0.05, 0) is 19.9 Å². The summed E-state index contributed by atoms with van der Waals surface area (Å²) in [5.41, 5.74) is 0. The van der Waals surface area contributed by atoms with Gasteiger partial charge in [-0.25, -0.2) is 0 Å². The van der Waals surface area contributed by atoms with E-state index in [0.717, 1.165) is 19.5 Å². The lowest BCUT2D eigenvalue weighted by Crippen LogP contribution is -2.39. The Bertz CT molecular complexity index is 281. The van der Waals surface area contributed by atoms with Gasteiger partial charge in [-0.2, -0.15) is 0 Å². The highest BCUT2D eigenvalue weighted by Crippen LogP contribution is 2.11. The number of hydrogen-bond donors (Lipinski definition) is 2. The second-order valence-electron chi connectivity index (χ2n) is 4.69. The van der Waals surface area contributed by atoms with E-state index in [4.69, 9.17) is 0 Å². The highest BCUT2D eigenvalue weighted by atomic mass is 16.2. The van der Waals surface area contributed by atoms with E-state index in [1.165, 1.54) is 6.92 Å². The lowest BCUT2D eigenvalue weighted by Gasteiger charge is -2.19. The largest absolute Gasteiger partial charge is 0.352 e. The van der Waals surface area contributed by atoms with E-state index in [1.807, 2.05) is 18.7 Å². The molecule has 2 atom stereocenters. The monoisotopic (exact) mass is 241 g/mol. The molecule has 0 spiro atoms. The Morgan fingerprint density at radius 1 is 1.47 bits per heavy atom. The predicted molar refractivity (Wildman–Crippen MR) is 66.6 cm³/mol. The van der Waals surface area contributed by atoms with Crippen molar-refractivity contribution in [3.63, 3.8) is 0 Å². The molecule has 1 heterocycles. The Kier molecular flexibility index (Phi) is 5.41. The van der Waals surface area contributed by atoms with Crippen molar-refractivity contribution in [3.05, 3.63) is 0 Å². The highest BCUT2D eigenvalue weighted by molar-refractivity contribution is 5.77. The molecule has 2 amide bonds. The Balaban J connectivity index is 2.32. The number of nitrogens with one attached hydrogen (secondary N) is 2. The van der Waals surface area contributed by atoms with Gasteiger partial charge < -0.3 is 15.5 Å². The lowest BCUT2D eigenvalue weighted by atomic mass is 10.2. The molecular weight excluding hydrogens is 218 g/mol. The fourth-order valence-corrected chi connectivity index (χ4v) is 2.20. The molecule has 0 radical (unpaired) electrons. The van der Waals surface area contributed by atoms with Crippen molar-refractivity contribution in [1.82, 2.24) is 15.5 Å². The molecule has 1 rings (SSSR count). The van der Waals surface area contributed by atoms with E-state index in [0.29, 0.717) is 13.0 Å². The van der Waals surface area contributed by atoms with Crippen molar-refractivity contribution in [2.45, 2.75) is 45.7 Å². The van der Waals surface area contributed by atoms with Crippen LogP contribution < -0.4 is 10.6 Å². The third kappa shape index (κ3) is 4.73. The first-order valence-corrected chi connectivity index (χ1v) is 6.31. The summed E-state index contributed by atoms with van der Waals surface area (Å²) in [7, 11) is 0. The normalized spacial score (nSPS) is 21.4.